The van der Waals surface area contributed by atoms with Gasteiger partial charge >= 0.3 is 0 Å². The van der Waals surface area contributed by atoms with Gasteiger partial charge in [0.15, 0.2) is 5.03 Å². The molecule has 8 heteroatoms. The molecule has 1 aliphatic heterocycles. The number of rotatable bonds is 3. The highest BCUT2D eigenvalue weighted by Crippen LogP contribution is 2.20. The lowest BCUT2D eigenvalue weighted by molar-refractivity contribution is -0.0411. The van der Waals surface area contributed by atoms with Crippen molar-refractivity contribution in [1.29, 1.82) is 0 Å². The fourth-order valence-electron chi connectivity index (χ4n) is 1.94. The van der Waals surface area contributed by atoms with Crippen LogP contribution in [0.4, 0.5) is 0 Å². The molecule has 6 nitrogen and oxygen atoms in total. The largest absolute Gasteiger partial charge is 0.372 e. The number of morpholine rings is 1. The number of nitrogens with zero attached hydrogens (tertiary/aromatic N) is 3. The SMILES string of the molecule is CC1CN(S(=O)(=O)c2cn(C)cn2)CC(CBr)O1. The second-order valence-electron chi connectivity index (χ2n) is 4.42. The first-order chi connectivity index (χ1) is 8.43. The molecule has 0 bridgehead atoms. The Kier molecular flexibility index (Phi) is 4.10. The molecule has 1 aliphatic rings. The van der Waals surface area contributed by atoms with Crippen molar-refractivity contribution in [3.8, 4) is 0 Å². The Morgan fingerprint density at radius 1 is 1.56 bits per heavy atom. The lowest BCUT2D eigenvalue weighted by Crippen LogP contribution is -2.49. The van der Waals surface area contributed by atoms with Crippen LogP contribution in [0.2, 0.25) is 0 Å². The van der Waals surface area contributed by atoms with E-state index in [1.807, 2.05) is 6.92 Å². The summed E-state index contributed by atoms with van der Waals surface area (Å²) in [5.74, 6) is 0. The molecule has 0 saturated carbocycles. The van der Waals surface area contributed by atoms with E-state index in [0.717, 1.165) is 0 Å². The summed E-state index contributed by atoms with van der Waals surface area (Å²) >= 11 is 3.33. The van der Waals surface area contributed by atoms with E-state index < -0.39 is 10.0 Å². The van der Waals surface area contributed by atoms with E-state index in [9.17, 15) is 8.42 Å². The van der Waals surface area contributed by atoms with Crippen LogP contribution in [0, 0.1) is 0 Å². The molecule has 1 fully saturated rings. The minimum atomic E-state index is -3.52. The summed E-state index contributed by atoms with van der Waals surface area (Å²) < 4.78 is 33.5. The molecule has 0 aromatic carbocycles. The van der Waals surface area contributed by atoms with Crippen molar-refractivity contribution in [2.75, 3.05) is 18.4 Å². The summed E-state index contributed by atoms with van der Waals surface area (Å²) in [5.41, 5.74) is 0. The smallest absolute Gasteiger partial charge is 0.262 e. The summed E-state index contributed by atoms with van der Waals surface area (Å²) in [5, 5.41) is 0.707. The average Bonchev–Trinajstić information content (AvgIpc) is 2.75. The maximum Gasteiger partial charge on any atom is 0.262 e. The number of ether oxygens (including phenoxy) is 1. The fourth-order valence-corrected chi connectivity index (χ4v) is 3.81. The van der Waals surface area contributed by atoms with Crippen molar-refractivity contribution in [2.24, 2.45) is 7.05 Å². The monoisotopic (exact) mass is 337 g/mol. The van der Waals surface area contributed by atoms with E-state index in [-0.39, 0.29) is 17.2 Å². The van der Waals surface area contributed by atoms with Gasteiger partial charge in [0.1, 0.15) is 0 Å². The number of hydrogen-bond acceptors (Lipinski definition) is 4. The number of aromatic nitrogens is 2. The van der Waals surface area contributed by atoms with Gasteiger partial charge < -0.3 is 9.30 Å². The molecule has 2 atom stereocenters. The summed E-state index contributed by atoms with van der Waals surface area (Å²) in [6, 6.07) is 0. The Bertz CT molecular complexity index is 516. The highest BCUT2D eigenvalue weighted by molar-refractivity contribution is 9.09. The Morgan fingerprint density at radius 2 is 2.28 bits per heavy atom. The molecule has 0 amide bonds. The highest BCUT2D eigenvalue weighted by atomic mass is 79.9. The Hall–Kier alpha value is -0.440. The van der Waals surface area contributed by atoms with Gasteiger partial charge in [-0.2, -0.15) is 4.31 Å². The van der Waals surface area contributed by atoms with Crippen LogP contribution in [0.15, 0.2) is 17.6 Å². The fraction of sp³-hybridized carbons (Fsp3) is 0.700. The van der Waals surface area contributed by atoms with E-state index >= 15 is 0 Å². The lowest BCUT2D eigenvalue weighted by Gasteiger charge is -2.34. The van der Waals surface area contributed by atoms with Crippen molar-refractivity contribution >= 4 is 26.0 Å². The molecule has 1 aromatic rings. The molecule has 2 rings (SSSR count). The Morgan fingerprint density at radius 3 is 2.83 bits per heavy atom. The van der Waals surface area contributed by atoms with E-state index in [0.29, 0.717) is 18.4 Å². The second-order valence-corrected chi connectivity index (χ2v) is 6.95. The number of alkyl halides is 1. The van der Waals surface area contributed by atoms with Gasteiger partial charge in [0.2, 0.25) is 0 Å². The first-order valence-electron chi connectivity index (χ1n) is 5.63. The third kappa shape index (κ3) is 2.76. The minimum absolute atomic E-state index is 0.0902. The van der Waals surface area contributed by atoms with Gasteiger partial charge in [0.05, 0.1) is 18.5 Å². The van der Waals surface area contributed by atoms with Crippen LogP contribution in [-0.2, 0) is 21.8 Å². The zero-order chi connectivity index (χ0) is 13.3. The van der Waals surface area contributed by atoms with Crippen molar-refractivity contribution in [1.82, 2.24) is 13.9 Å². The standard InChI is InChI=1S/C10H16BrN3O3S/c1-8-4-14(5-9(3-11)17-8)18(15,16)10-6-13(2)7-12-10/h6-9H,3-5H2,1-2H3. The summed E-state index contributed by atoms with van der Waals surface area (Å²) in [4.78, 5) is 3.92. The van der Waals surface area contributed by atoms with Gasteiger partial charge in [0.25, 0.3) is 10.0 Å². The molecule has 1 saturated heterocycles. The van der Waals surface area contributed by atoms with Gasteiger partial charge in [-0.1, -0.05) is 15.9 Å². The third-order valence-corrected chi connectivity index (χ3v) is 5.19. The van der Waals surface area contributed by atoms with Gasteiger partial charge in [-0.05, 0) is 6.92 Å². The maximum absolute atomic E-state index is 12.4. The summed E-state index contributed by atoms with van der Waals surface area (Å²) in [6.45, 7) is 2.59. The first kappa shape index (κ1) is 14.0. The van der Waals surface area contributed by atoms with Gasteiger partial charge in [-0.3, -0.25) is 0 Å². The predicted molar refractivity (Wildman–Crippen MR) is 70.1 cm³/mol. The zero-order valence-corrected chi connectivity index (χ0v) is 12.7. The molecule has 18 heavy (non-hydrogen) atoms. The highest BCUT2D eigenvalue weighted by Gasteiger charge is 2.34. The van der Waals surface area contributed by atoms with Gasteiger partial charge in [0, 0.05) is 31.7 Å². The molecular formula is C10H16BrN3O3S. The molecule has 102 valence electrons. The molecule has 0 N–H and O–H groups in total. The quantitative estimate of drug-likeness (QED) is 0.757. The van der Waals surface area contributed by atoms with Crippen molar-refractivity contribution in [3.05, 3.63) is 12.5 Å². The number of halogens is 1. The van der Waals surface area contributed by atoms with Crippen LogP contribution >= 0.6 is 15.9 Å². The normalized spacial score (nSPS) is 26.4. The summed E-state index contributed by atoms with van der Waals surface area (Å²) in [6.07, 6.45) is 2.77. The van der Waals surface area contributed by atoms with Gasteiger partial charge in [-0.25, -0.2) is 13.4 Å². The van der Waals surface area contributed by atoms with Crippen LogP contribution in [-0.4, -0.2) is 52.9 Å². The van der Waals surface area contributed by atoms with E-state index in [1.54, 1.807) is 11.6 Å². The van der Waals surface area contributed by atoms with Crippen molar-refractivity contribution in [2.45, 2.75) is 24.2 Å². The molecular weight excluding hydrogens is 322 g/mol. The van der Waals surface area contributed by atoms with Crippen molar-refractivity contribution < 1.29 is 13.2 Å². The van der Waals surface area contributed by atoms with Gasteiger partial charge in [-0.15, -0.1) is 0 Å². The lowest BCUT2D eigenvalue weighted by atomic mass is 10.3. The Balaban J connectivity index is 2.24. The molecule has 0 spiro atoms. The van der Waals surface area contributed by atoms with Crippen LogP contribution in [0.5, 0.6) is 0 Å². The minimum Gasteiger partial charge on any atom is -0.372 e. The van der Waals surface area contributed by atoms with E-state index in [2.05, 4.69) is 20.9 Å². The zero-order valence-electron chi connectivity index (χ0n) is 10.3. The van der Waals surface area contributed by atoms with Crippen LogP contribution in [0.3, 0.4) is 0 Å². The number of sulfonamides is 1. The maximum atomic E-state index is 12.4. The average molecular weight is 338 g/mol. The predicted octanol–water partition coefficient (Wildman–Crippen LogP) is 0.593. The molecule has 2 heterocycles. The van der Waals surface area contributed by atoms with E-state index in [1.165, 1.54) is 16.8 Å². The number of hydrogen-bond donors (Lipinski definition) is 0. The number of aryl methyl sites for hydroxylation is 1. The first-order valence-corrected chi connectivity index (χ1v) is 8.19. The second kappa shape index (κ2) is 5.28. The molecule has 1 aromatic heterocycles. The van der Waals surface area contributed by atoms with Crippen LogP contribution < -0.4 is 0 Å². The topological polar surface area (TPSA) is 64.4 Å². The molecule has 0 aliphatic carbocycles. The molecule has 2 unspecified atom stereocenters. The number of imidazole rings is 1. The summed E-state index contributed by atoms with van der Waals surface area (Å²) in [7, 11) is -1.77. The Labute approximate surface area is 115 Å². The van der Waals surface area contributed by atoms with Crippen molar-refractivity contribution in [3.63, 3.8) is 0 Å². The third-order valence-electron chi connectivity index (χ3n) is 2.75. The van der Waals surface area contributed by atoms with Crippen LogP contribution in [0.25, 0.3) is 0 Å². The van der Waals surface area contributed by atoms with Crippen LogP contribution in [0.1, 0.15) is 6.92 Å². The van der Waals surface area contributed by atoms with E-state index in [4.69, 9.17) is 4.74 Å². The molecule has 0 radical (unpaired) electrons.